The second-order valence-electron chi connectivity index (χ2n) is 9.42. The number of benzene rings is 1. The lowest BCUT2D eigenvalue weighted by molar-refractivity contribution is 0.0702. The Kier molecular flexibility index (Phi) is 4.87. The highest BCUT2D eigenvalue weighted by molar-refractivity contribution is 6.34. The van der Waals surface area contributed by atoms with Gasteiger partial charge in [0.1, 0.15) is 5.58 Å². The van der Waals surface area contributed by atoms with Crippen LogP contribution in [0.15, 0.2) is 53.3 Å². The monoisotopic (exact) mass is 462 g/mol. The molecule has 1 saturated heterocycles. The molecule has 0 bridgehead atoms. The first-order valence-electron chi connectivity index (χ1n) is 11.8. The van der Waals surface area contributed by atoms with Crippen molar-refractivity contribution in [3.05, 3.63) is 71.0 Å². The van der Waals surface area contributed by atoms with Gasteiger partial charge < -0.3 is 20.0 Å². The van der Waals surface area contributed by atoms with Gasteiger partial charge in [-0.25, -0.2) is 0 Å². The molecule has 2 N–H and O–H groups in total. The minimum Gasteiger partial charge on any atom is -0.450 e. The number of halogens is 1. The molecule has 1 aromatic carbocycles. The van der Waals surface area contributed by atoms with Crippen molar-refractivity contribution >= 4 is 34.2 Å². The summed E-state index contributed by atoms with van der Waals surface area (Å²) in [6, 6.07) is 9.56. The van der Waals surface area contributed by atoms with E-state index in [0.717, 1.165) is 72.3 Å². The highest BCUT2D eigenvalue weighted by Crippen LogP contribution is 2.50. The van der Waals surface area contributed by atoms with Gasteiger partial charge in [-0.2, -0.15) is 0 Å². The van der Waals surface area contributed by atoms with E-state index in [0.29, 0.717) is 17.3 Å². The number of nitrogens with zero attached hydrogens (tertiary/aromatic N) is 2. The molecule has 1 spiro atoms. The molecule has 4 heterocycles. The van der Waals surface area contributed by atoms with Crippen molar-refractivity contribution in [1.82, 2.24) is 15.2 Å². The summed E-state index contributed by atoms with van der Waals surface area (Å²) in [6.45, 7) is 4.83. The Morgan fingerprint density at radius 3 is 2.85 bits per heavy atom. The Morgan fingerprint density at radius 1 is 1.21 bits per heavy atom. The molecule has 1 unspecified atom stereocenters. The Balaban J connectivity index is 1.44. The molecule has 170 valence electrons. The summed E-state index contributed by atoms with van der Waals surface area (Å²) >= 11 is 6.73. The van der Waals surface area contributed by atoms with Gasteiger partial charge in [0.2, 0.25) is 0 Å². The quantitative estimate of drug-likeness (QED) is 0.481. The Bertz CT molecular complexity index is 1250. The van der Waals surface area contributed by atoms with Crippen molar-refractivity contribution in [2.24, 2.45) is 0 Å². The average Bonchev–Trinajstić information content (AvgIpc) is 3.47. The number of fused-ring (bicyclic) bond motifs is 4. The van der Waals surface area contributed by atoms with Crippen LogP contribution in [0.5, 0.6) is 0 Å². The summed E-state index contributed by atoms with van der Waals surface area (Å²) < 4.78 is 6.36. The first-order valence-corrected chi connectivity index (χ1v) is 12.2. The maximum absolute atomic E-state index is 13.6. The van der Waals surface area contributed by atoms with Crippen LogP contribution < -0.4 is 10.6 Å². The van der Waals surface area contributed by atoms with E-state index in [1.54, 1.807) is 6.20 Å². The zero-order valence-corrected chi connectivity index (χ0v) is 19.3. The predicted molar refractivity (Wildman–Crippen MR) is 129 cm³/mol. The van der Waals surface area contributed by atoms with Crippen LogP contribution in [-0.4, -0.2) is 22.3 Å². The van der Waals surface area contributed by atoms with Crippen molar-refractivity contribution < 1.29 is 9.21 Å². The van der Waals surface area contributed by atoms with Gasteiger partial charge in [-0.05, 0) is 49.9 Å². The van der Waals surface area contributed by atoms with Crippen molar-refractivity contribution in [3.8, 4) is 0 Å². The number of anilines is 1. The Hall–Kier alpha value is -2.99. The van der Waals surface area contributed by atoms with E-state index < -0.39 is 0 Å². The van der Waals surface area contributed by atoms with Gasteiger partial charge in [0.15, 0.2) is 5.76 Å². The zero-order valence-electron chi connectivity index (χ0n) is 18.5. The number of pyridine rings is 1. The Labute approximate surface area is 198 Å². The van der Waals surface area contributed by atoms with Crippen LogP contribution >= 0.6 is 11.6 Å². The largest absolute Gasteiger partial charge is 0.450 e. The van der Waals surface area contributed by atoms with Gasteiger partial charge in [0, 0.05) is 23.7 Å². The van der Waals surface area contributed by atoms with E-state index in [4.69, 9.17) is 16.0 Å². The lowest BCUT2D eigenvalue weighted by atomic mass is 9.74. The van der Waals surface area contributed by atoms with Crippen LogP contribution in [0.25, 0.3) is 11.0 Å². The maximum Gasteiger partial charge on any atom is 0.290 e. The average molecular weight is 463 g/mol. The molecule has 1 amide bonds. The SMILES string of the molecule is C=C1Nc2c(Cl)cc3cc(C(=O)N4CCCC4c4ccccn4)oc3c2C2(CCCCC2)N1. The zero-order chi connectivity index (χ0) is 22.6. The number of amides is 1. The number of nitrogens with one attached hydrogen (secondary N) is 2. The third-order valence-corrected chi connectivity index (χ3v) is 7.66. The van der Waals surface area contributed by atoms with Crippen LogP contribution in [0.3, 0.4) is 0 Å². The number of furan rings is 1. The van der Waals surface area contributed by atoms with Gasteiger partial charge in [-0.3, -0.25) is 9.78 Å². The van der Waals surface area contributed by atoms with Crippen LogP contribution in [-0.2, 0) is 5.54 Å². The number of rotatable bonds is 2. The summed E-state index contributed by atoms with van der Waals surface area (Å²) in [5.74, 6) is 1.01. The summed E-state index contributed by atoms with van der Waals surface area (Å²) in [4.78, 5) is 20.0. The molecule has 3 aromatic rings. The molecule has 2 aromatic heterocycles. The van der Waals surface area contributed by atoms with E-state index in [9.17, 15) is 4.79 Å². The minimum absolute atomic E-state index is 0.0271. The number of hydrogen-bond donors (Lipinski definition) is 2. The van der Waals surface area contributed by atoms with Crippen molar-refractivity contribution in [2.75, 3.05) is 11.9 Å². The number of aromatic nitrogens is 1. The van der Waals surface area contributed by atoms with E-state index in [1.807, 2.05) is 35.2 Å². The fourth-order valence-corrected chi connectivity index (χ4v) is 6.19. The van der Waals surface area contributed by atoms with Gasteiger partial charge >= 0.3 is 0 Å². The fraction of sp³-hybridized carbons (Fsp3) is 0.385. The van der Waals surface area contributed by atoms with E-state index >= 15 is 0 Å². The first kappa shape index (κ1) is 20.6. The van der Waals surface area contributed by atoms with Crippen molar-refractivity contribution in [1.29, 1.82) is 0 Å². The molecule has 7 heteroatoms. The number of carbonyl (C=O) groups excluding carboxylic acids is 1. The van der Waals surface area contributed by atoms with E-state index in [-0.39, 0.29) is 17.5 Å². The van der Waals surface area contributed by atoms with Crippen LogP contribution in [0.2, 0.25) is 5.02 Å². The maximum atomic E-state index is 13.6. The van der Waals surface area contributed by atoms with Crippen molar-refractivity contribution in [3.63, 3.8) is 0 Å². The molecule has 0 radical (unpaired) electrons. The third kappa shape index (κ3) is 3.31. The lowest BCUT2D eigenvalue weighted by Crippen LogP contribution is -2.48. The van der Waals surface area contributed by atoms with Crippen LogP contribution in [0.1, 0.15) is 72.8 Å². The summed E-state index contributed by atoms with van der Waals surface area (Å²) in [5.41, 5.74) is 3.25. The molecule has 1 atom stereocenters. The second-order valence-corrected chi connectivity index (χ2v) is 9.83. The van der Waals surface area contributed by atoms with Gasteiger partial charge in [-0.1, -0.05) is 43.5 Å². The molecule has 1 aliphatic carbocycles. The molecule has 2 aliphatic heterocycles. The fourth-order valence-electron chi connectivity index (χ4n) is 5.93. The van der Waals surface area contributed by atoms with Gasteiger partial charge in [-0.15, -0.1) is 0 Å². The van der Waals surface area contributed by atoms with E-state index in [1.165, 1.54) is 6.42 Å². The highest BCUT2D eigenvalue weighted by Gasteiger charge is 2.43. The van der Waals surface area contributed by atoms with Crippen LogP contribution in [0, 0.1) is 0 Å². The summed E-state index contributed by atoms with van der Waals surface area (Å²) in [7, 11) is 0. The smallest absolute Gasteiger partial charge is 0.290 e. The topological polar surface area (TPSA) is 70.4 Å². The van der Waals surface area contributed by atoms with E-state index in [2.05, 4.69) is 22.2 Å². The molecule has 6 rings (SSSR count). The number of carbonyl (C=O) groups is 1. The lowest BCUT2D eigenvalue weighted by Gasteiger charge is -2.44. The third-order valence-electron chi connectivity index (χ3n) is 7.36. The minimum atomic E-state index is -0.276. The van der Waals surface area contributed by atoms with Crippen LogP contribution in [0.4, 0.5) is 5.69 Å². The molecular weight excluding hydrogens is 436 g/mol. The summed E-state index contributed by atoms with van der Waals surface area (Å²) in [6.07, 6.45) is 9.07. The molecule has 33 heavy (non-hydrogen) atoms. The molecular formula is C26H27ClN4O2. The molecule has 1 saturated carbocycles. The second kappa shape index (κ2) is 7.80. The highest BCUT2D eigenvalue weighted by atomic mass is 35.5. The van der Waals surface area contributed by atoms with Gasteiger partial charge in [0.25, 0.3) is 5.91 Å². The summed E-state index contributed by atoms with van der Waals surface area (Å²) in [5, 5.41) is 8.40. The number of likely N-dealkylation sites (tertiary alicyclic amines) is 1. The molecule has 2 fully saturated rings. The number of hydrogen-bond acceptors (Lipinski definition) is 5. The molecule has 3 aliphatic rings. The predicted octanol–water partition coefficient (Wildman–Crippen LogP) is 6.10. The van der Waals surface area contributed by atoms with Crippen molar-refractivity contribution in [2.45, 2.75) is 56.5 Å². The van der Waals surface area contributed by atoms with Gasteiger partial charge in [0.05, 0.1) is 33.8 Å². The first-order chi connectivity index (χ1) is 16.1. The Morgan fingerprint density at radius 2 is 2.06 bits per heavy atom. The molecule has 6 nitrogen and oxygen atoms in total. The normalized spacial score (nSPS) is 21.7. The standard InChI is InChI=1S/C26H27ClN4O2/c1-16-29-23-18(27)14-17-15-21(33-24(17)22(23)26(30-16)10-4-2-5-11-26)25(32)31-13-7-9-20(31)19-8-3-6-12-28-19/h3,6,8,12,14-15,20,29-30H,1-2,4-5,7,9-11,13H2.